The average molecular weight is 917 g/mol. The second-order valence-electron chi connectivity index (χ2n) is 16.3. The molecule has 15 heteroatoms. The molecule has 6 N–H and O–H groups in total. The molecule has 8 rings (SSSR count). The van der Waals surface area contributed by atoms with Gasteiger partial charge < -0.3 is 49.5 Å². The number of aryl methyl sites for hydroxylation is 2. The number of amides is 1. The number of nitriles is 2. The van der Waals surface area contributed by atoms with Gasteiger partial charge in [0.1, 0.15) is 11.2 Å². The molecule has 8 aromatic rings. The van der Waals surface area contributed by atoms with E-state index < -0.39 is 11.9 Å². The van der Waals surface area contributed by atoms with E-state index >= 15 is 0 Å². The lowest BCUT2D eigenvalue weighted by Crippen LogP contribution is -2.38. The van der Waals surface area contributed by atoms with Crippen molar-refractivity contribution < 1.29 is 32.7 Å². The lowest BCUT2D eigenvalue weighted by Gasteiger charge is -2.14. The number of nitrogens with one attached hydrogen (secondary N) is 6. The maximum absolute atomic E-state index is 12.6. The van der Waals surface area contributed by atoms with Crippen LogP contribution >= 0.6 is 0 Å². The van der Waals surface area contributed by atoms with Crippen molar-refractivity contribution in [1.29, 1.82) is 10.5 Å². The van der Waals surface area contributed by atoms with Crippen LogP contribution in [0.15, 0.2) is 106 Å². The van der Waals surface area contributed by atoms with E-state index in [1.54, 1.807) is 44.2 Å². The molecule has 0 radical (unpaired) electrons. The fourth-order valence-corrected chi connectivity index (χ4v) is 7.88. The van der Waals surface area contributed by atoms with Gasteiger partial charge in [-0.25, -0.2) is 9.59 Å². The Morgan fingerprint density at radius 3 is 1.71 bits per heavy atom. The summed E-state index contributed by atoms with van der Waals surface area (Å²) in [4.78, 5) is 42.8. The second kappa shape index (κ2) is 23.6. The van der Waals surface area contributed by atoms with E-state index in [4.69, 9.17) is 28.8 Å². The Labute approximate surface area is 394 Å². The van der Waals surface area contributed by atoms with Gasteiger partial charge in [-0.05, 0) is 168 Å². The van der Waals surface area contributed by atoms with Crippen molar-refractivity contribution in [2.75, 3.05) is 50.0 Å². The van der Waals surface area contributed by atoms with Crippen molar-refractivity contribution in [3.05, 3.63) is 131 Å². The van der Waals surface area contributed by atoms with E-state index in [1.807, 2.05) is 67.7 Å². The summed E-state index contributed by atoms with van der Waals surface area (Å²) < 4.78 is 21.0. The topological polar surface area (TPSA) is 223 Å². The van der Waals surface area contributed by atoms with E-state index in [0.29, 0.717) is 46.5 Å². The SMILES string of the molecule is CCOC(=O)c1cc2cc(NC(=O)C(C)NCCCCc3c[nH]c4ccc(C#N)cc34)ccc2o1.CCOC(=O)c1cc2cc(NCCNCCCCc3c[nH]c4ccc(C#N)cc34)ccc2o1. The number of benzene rings is 4. The number of carbonyl (C=O) groups excluding carboxylic acids is 3. The quantitative estimate of drug-likeness (QED) is 0.0293. The van der Waals surface area contributed by atoms with Crippen LogP contribution in [0.25, 0.3) is 43.7 Å². The predicted octanol–water partition coefficient (Wildman–Crippen LogP) is 9.89. The molecule has 4 aromatic carbocycles. The molecule has 0 fully saturated rings. The minimum atomic E-state index is -0.510. The Hall–Kier alpha value is -7.85. The van der Waals surface area contributed by atoms with Crippen molar-refractivity contribution in [1.82, 2.24) is 20.6 Å². The van der Waals surface area contributed by atoms with Crippen molar-refractivity contribution in [3.8, 4) is 12.1 Å². The molecule has 15 nitrogen and oxygen atoms in total. The van der Waals surface area contributed by atoms with Crippen LogP contribution in [0, 0.1) is 22.7 Å². The summed E-state index contributed by atoms with van der Waals surface area (Å²) in [5, 5.41) is 35.1. The van der Waals surface area contributed by atoms with Crippen LogP contribution in [0.4, 0.5) is 11.4 Å². The van der Waals surface area contributed by atoms with E-state index in [-0.39, 0.29) is 30.1 Å². The molecule has 0 saturated carbocycles. The van der Waals surface area contributed by atoms with Crippen LogP contribution in [-0.2, 0) is 27.1 Å². The number of furan rings is 2. The number of ether oxygens (including phenoxy) is 2. The molecule has 350 valence electrons. The number of rotatable bonds is 21. The number of hydrogen-bond acceptors (Lipinski definition) is 12. The van der Waals surface area contributed by atoms with Gasteiger partial charge in [-0.1, -0.05) is 0 Å². The Morgan fingerprint density at radius 1 is 0.632 bits per heavy atom. The molecule has 0 saturated heterocycles. The maximum atomic E-state index is 12.6. The minimum Gasteiger partial charge on any atom is -0.460 e. The van der Waals surface area contributed by atoms with Gasteiger partial charge in [0, 0.05) is 69.4 Å². The molecule has 4 aromatic heterocycles. The fourth-order valence-electron chi connectivity index (χ4n) is 7.88. The van der Waals surface area contributed by atoms with E-state index in [9.17, 15) is 14.4 Å². The van der Waals surface area contributed by atoms with Crippen LogP contribution in [0.1, 0.15) is 89.8 Å². The van der Waals surface area contributed by atoms with Gasteiger partial charge in [0.25, 0.3) is 0 Å². The predicted molar refractivity (Wildman–Crippen MR) is 264 cm³/mol. The summed E-state index contributed by atoms with van der Waals surface area (Å²) >= 11 is 0. The maximum Gasteiger partial charge on any atom is 0.374 e. The van der Waals surface area contributed by atoms with Crippen LogP contribution in [-0.4, -0.2) is 73.2 Å². The number of carbonyl (C=O) groups is 3. The summed E-state index contributed by atoms with van der Waals surface area (Å²) in [5.74, 6) is -0.728. The highest BCUT2D eigenvalue weighted by atomic mass is 16.5. The number of nitrogens with zero attached hydrogens (tertiary/aromatic N) is 2. The van der Waals surface area contributed by atoms with Crippen molar-refractivity contribution in [2.45, 2.75) is 65.3 Å². The number of unbranched alkanes of at least 4 members (excludes halogenated alkanes) is 2. The summed E-state index contributed by atoms with van der Waals surface area (Å²) in [7, 11) is 0. The van der Waals surface area contributed by atoms with Gasteiger partial charge in [0.15, 0.2) is 0 Å². The molecule has 4 heterocycles. The smallest absolute Gasteiger partial charge is 0.374 e. The van der Waals surface area contributed by atoms with Gasteiger partial charge in [0.2, 0.25) is 17.4 Å². The summed E-state index contributed by atoms with van der Waals surface area (Å²) in [6, 6.07) is 29.8. The molecule has 0 spiro atoms. The highest BCUT2D eigenvalue weighted by Crippen LogP contribution is 2.26. The minimum absolute atomic E-state index is 0.138. The summed E-state index contributed by atoms with van der Waals surface area (Å²) in [6.07, 6.45) is 10.00. The third-order valence-electron chi connectivity index (χ3n) is 11.4. The highest BCUT2D eigenvalue weighted by molar-refractivity contribution is 5.98. The lowest BCUT2D eigenvalue weighted by molar-refractivity contribution is -0.117. The monoisotopic (exact) mass is 916 g/mol. The number of aromatic amines is 2. The first-order chi connectivity index (χ1) is 33.2. The third-order valence-corrected chi connectivity index (χ3v) is 11.4. The summed E-state index contributed by atoms with van der Waals surface area (Å²) in [5.41, 5.74) is 8.77. The molecule has 1 atom stereocenters. The number of aromatic nitrogens is 2. The van der Waals surface area contributed by atoms with Crippen LogP contribution in [0.2, 0.25) is 0 Å². The molecule has 1 unspecified atom stereocenters. The molecule has 0 aliphatic carbocycles. The first-order valence-corrected chi connectivity index (χ1v) is 23.1. The molecule has 0 aliphatic rings. The van der Waals surface area contributed by atoms with Crippen molar-refractivity contribution >= 4 is 73.0 Å². The number of fused-ring (bicyclic) bond motifs is 4. The largest absolute Gasteiger partial charge is 0.460 e. The van der Waals surface area contributed by atoms with Crippen LogP contribution in [0.5, 0.6) is 0 Å². The van der Waals surface area contributed by atoms with E-state index in [2.05, 4.69) is 49.6 Å². The Morgan fingerprint density at radius 2 is 1.16 bits per heavy atom. The van der Waals surface area contributed by atoms with Gasteiger partial charge in [0.05, 0.1) is 42.5 Å². The molecule has 0 bridgehead atoms. The summed E-state index contributed by atoms with van der Waals surface area (Å²) in [6.45, 7) is 9.25. The van der Waals surface area contributed by atoms with E-state index in [1.165, 1.54) is 11.1 Å². The van der Waals surface area contributed by atoms with Crippen molar-refractivity contribution in [3.63, 3.8) is 0 Å². The normalized spacial score (nSPS) is 11.5. The molecular formula is C53H56N8O7. The fraction of sp³-hybridized carbons (Fsp3) is 0.302. The van der Waals surface area contributed by atoms with Gasteiger partial charge >= 0.3 is 11.9 Å². The first-order valence-electron chi connectivity index (χ1n) is 23.1. The van der Waals surface area contributed by atoms with E-state index in [0.717, 1.165) is 91.0 Å². The van der Waals surface area contributed by atoms with Crippen LogP contribution in [0.3, 0.4) is 0 Å². The zero-order valence-corrected chi connectivity index (χ0v) is 38.6. The average Bonchev–Trinajstić information content (AvgIpc) is 4.17. The lowest BCUT2D eigenvalue weighted by atomic mass is 10.1. The first kappa shape index (κ1) is 48.1. The number of H-pyrrole nitrogens is 2. The second-order valence-corrected chi connectivity index (χ2v) is 16.3. The zero-order chi connectivity index (χ0) is 47.8. The van der Waals surface area contributed by atoms with Gasteiger partial charge in [-0.15, -0.1) is 0 Å². The number of anilines is 2. The van der Waals surface area contributed by atoms with Crippen LogP contribution < -0.4 is 21.3 Å². The molecule has 1 amide bonds. The molecule has 0 aliphatic heterocycles. The Balaban J connectivity index is 0.000000202. The standard InChI is InChI=1S/C27H28N4O4.C26H28N4O3/c1-3-34-27(33)25-14-20-13-21(8-10-24(20)35-25)31-26(32)17(2)29-11-5-4-6-19-16-30-23-9-7-18(15-28)12-22(19)23;1-2-32-26(31)25-15-20-14-21(7-9-24(20)33-25)29-12-11-28-10-4-3-5-19-17-30-23-8-6-18(16-27)13-22(19)23/h7-10,12-14,16-17,29-30H,3-6,11H2,1-2H3,(H,31,32);6-9,13-15,17,28-30H,2-5,10-12H2,1H3. The Bertz CT molecular complexity index is 3090. The highest BCUT2D eigenvalue weighted by Gasteiger charge is 2.17. The van der Waals surface area contributed by atoms with Gasteiger partial charge in [-0.3, -0.25) is 4.79 Å². The Kier molecular flexibility index (Phi) is 16.7. The number of hydrogen-bond donors (Lipinski definition) is 6. The number of esters is 2. The molecule has 68 heavy (non-hydrogen) atoms. The molecular weight excluding hydrogens is 861 g/mol. The third kappa shape index (κ3) is 12.5. The zero-order valence-electron chi connectivity index (χ0n) is 38.6. The van der Waals surface area contributed by atoms with Crippen molar-refractivity contribution in [2.24, 2.45) is 0 Å². The van der Waals surface area contributed by atoms with Gasteiger partial charge in [-0.2, -0.15) is 10.5 Å².